The third-order valence-corrected chi connectivity index (χ3v) is 7.18. The average Bonchev–Trinajstić information content (AvgIpc) is 2.88. The van der Waals surface area contributed by atoms with Gasteiger partial charge in [-0.1, -0.05) is 53.1 Å². The van der Waals surface area contributed by atoms with E-state index in [0.29, 0.717) is 17.7 Å². The highest BCUT2D eigenvalue weighted by atomic mass is 35.5. The Labute approximate surface area is 169 Å². The standard InChI is InChI=1S/C17H29ClN5O4P/c1-10(2)17(11(3)4,28(24,25)26)27-8-16(5,6)7-23-9-20-12-13(18)21-15(19)22-14(12)23/h9-11H,7-8H2,1-6H3,(H2,19,21,22)(H2,24,25,26). The van der Waals surface area contributed by atoms with E-state index in [1.807, 2.05) is 13.8 Å². The van der Waals surface area contributed by atoms with Crippen LogP contribution < -0.4 is 5.73 Å². The number of anilines is 1. The molecule has 0 radical (unpaired) electrons. The van der Waals surface area contributed by atoms with E-state index in [-0.39, 0.29) is 29.5 Å². The highest BCUT2D eigenvalue weighted by Gasteiger charge is 2.53. The summed E-state index contributed by atoms with van der Waals surface area (Å²) in [7, 11) is -4.52. The van der Waals surface area contributed by atoms with Gasteiger partial charge < -0.3 is 24.8 Å². The molecule has 0 aromatic carbocycles. The summed E-state index contributed by atoms with van der Waals surface area (Å²) in [5.41, 5.74) is 6.15. The lowest BCUT2D eigenvalue weighted by Gasteiger charge is -2.43. The van der Waals surface area contributed by atoms with E-state index in [0.717, 1.165) is 0 Å². The van der Waals surface area contributed by atoms with Crippen LogP contribution in [0.25, 0.3) is 11.2 Å². The van der Waals surface area contributed by atoms with Gasteiger partial charge in [-0.3, -0.25) is 4.57 Å². The Balaban J connectivity index is 2.30. The van der Waals surface area contributed by atoms with Crippen molar-refractivity contribution in [2.45, 2.75) is 53.4 Å². The number of hydrogen-bond donors (Lipinski definition) is 3. The quantitative estimate of drug-likeness (QED) is 0.426. The minimum atomic E-state index is -4.52. The van der Waals surface area contributed by atoms with Crippen LogP contribution >= 0.6 is 19.2 Å². The minimum absolute atomic E-state index is 0.0495. The first-order chi connectivity index (χ1) is 12.7. The summed E-state index contributed by atoms with van der Waals surface area (Å²) >= 11 is 6.07. The van der Waals surface area contributed by atoms with E-state index in [9.17, 15) is 14.4 Å². The Morgan fingerprint density at radius 2 is 1.82 bits per heavy atom. The third-order valence-electron chi connectivity index (χ3n) is 4.84. The van der Waals surface area contributed by atoms with Crippen molar-refractivity contribution in [1.82, 2.24) is 19.5 Å². The Morgan fingerprint density at radius 3 is 2.32 bits per heavy atom. The topological polar surface area (TPSA) is 136 Å². The van der Waals surface area contributed by atoms with Gasteiger partial charge >= 0.3 is 7.60 Å². The number of rotatable bonds is 8. The zero-order chi connectivity index (χ0) is 21.5. The second-order valence-electron chi connectivity index (χ2n) is 8.48. The van der Waals surface area contributed by atoms with E-state index in [4.69, 9.17) is 22.1 Å². The van der Waals surface area contributed by atoms with E-state index in [1.54, 1.807) is 38.6 Å². The van der Waals surface area contributed by atoms with E-state index in [1.165, 1.54) is 0 Å². The highest BCUT2D eigenvalue weighted by Crippen LogP contribution is 2.59. The molecule has 11 heteroatoms. The molecule has 2 aromatic heterocycles. The van der Waals surface area contributed by atoms with Crippen LogP contribution in [0.4, 0.5) is 5.95 Å². The Kier molecular flexibility index (Phi) is 6.48. The van der Waals surface area contributed by atoms with Gasteiger partial charge in [-0.15, -0.1) is 0 Å². The summed E-state index contributed by atoms with van der Waals surface area (Å²) in [6, 6.07) is 0. The zero-order valence-corrected chi connectivity index (χ0v) is 18.7. The number of fused-ring (bicyclic) bond motifs is 1. The number of hydrogen-bond acceptors (Lipinski definition) is 6. The molecule has 158 valence electrons. The molecule has 0 spiro atoms. The van der Waals surface area contributed by atoms with Gasteiger partial charge in [0.25, 0.3) is 0 Å². The van der Waals surface area contributed by atoms with Crippen molar-refractivity contribution in [3.8, 4) is 0 Å². The minimum Gasteiger partial charge on any atom is -0.368 e. The lowest BCUT2D eigenvalue weighted by molar-refractivity contribution is -0.0916. The molecule has 0 saturated heterocycles. The van der Waals surface area contributed by atoms with Crippen LogP contribution in [-0.4, -0.2) is 41.3 Å². The number of nitrogens with two attached hydrogens (primary N) is 1. The van der Waals surface area contributed by atoms with Gasteiger partial charge in [-0.25, -0.2) is 4.98 Å². The number of halogens is 1. The molecule has 0 fully saturated rings. The molecule has 0 saturated carbocycles. The SMILES string of the molecule is CC(C)C(OCC(C)(C)Cn1cnc2c(Cl)nc(N)nc21)(C(C)C)P(=O)(O)O. The van der Waals surface area contributed by atoms with Gasteiger partial charge in [0, 0.05) is 12.0 Å². The molecule has 0 amide bonds. The molecule has 2 rings (SSSR count). The van der Waals surface area contributed by atoms with Gasteiger partial charge in [0.15, 0.2) is 16.1 Å². The zero-order valence-electron chi connectivity index (χ0n) is 17.0. The Morgan fingerprint density at radius 1 is 1.25 bits per heavy atom. The van der Waals surface area contributed by atoms with Gasteiger partial charge in [-0.05, 0) is 11.8 Å². The van der Waals surface area contributed by atoms with Crippen LogP contribution in [0, 0.1) is 17.3 Å². The first kappa shape index (κ1) is 23.0. The normalized spacial score (nSPS) is 13.8. The monoisotopic (exact) mass is 433 g/mol. The molecule has 2 heterocycles. The number of nitrogen functional groups attached to an aromatic ring is 1. The largest absolute Gasteiger partial charge is 0.368 e. The van der Waals surface area contributed by atoms with E-state index < -0.39 is 18.4 Å². The molecule has 0 aliphatic heterocycles. The molecule has 9 nitrogen and oxygen atoms in total. The lowest BCUT2D eigenvalue weighted by atomic mass is 9.92. The molecule has 0 atom stereocenters. The first-order valence-electron chi connectivity index (χ1n) is 9.04. The van der Waals surface area contributed by atoms with Gasteiger partial charge in [0.2, 0.25) is 5.95 Å². The first-order valence-corrected chi connectivity index (χ1v) is 11.0. The second-order valence-corrected chi connectivity index (χ2v) is 10.6. The van der Waals surface area contributed by atoms with Crippen LogP contribution in [0.5, 0.6) is 0 Å². The lowest BCUT2D eigenvalue weighted by Crippen LogP contribution is -2.45. The van der Waals surface area contributed by atoms with Crippen molar-refractivity contribution in [2.75, 3.05) is 12.3 Å². The maximum absolute atomic E-state index is 12.3. The maximum atomic E-state index is 12.3. The number of aromatic nitrogens is 4. The fourth-order valence-corrected chi connectivity index (χ4v) is 5.41. The molecule has 0 bridgehead atoms. The summed E-state index contributed by atoms with van der Waals surface area (Å²) < 4.78 is 20.1. The predicted octanol–water partition coefficient (Wildman–Crippen LogP) is 3.29. The van der Waals surface area contributed by atoms with Gasteiger partial charge in [-0.2, -0.15) is 9.97 Å². The third kappa shape index (κ3) is 4.33. The Hall–Kier alpha value is -1.25. The summed E-state index contributed by atoms with van der Waals surface area (Å²) in [5.74, 6) is -0.692. The molecule has 2 aromatic rings. The number of imidazole rings is 1. The number of ether oxygens (including phenoxy) is 1. The summed E-state index contributed by atoms with van der Waals surface area (Å²) in [5, 5.41) is -1.38. The van der Waals surface area contributed by atoms with E-state index >= 15 is 0 Å². The fourth-order valence-electron chi connectivity index (χ4n) is 3.62. The van der Waals surface area contributed by atoms with Crippen LogP contribution in [0.1, 0.15) is 41.5 Å². The van der Waals surface area contributed by atoms with Crippen molar-refractivity contribution < 1.29 is 19.1 Å². The molecule has 28 heavy (non-hydrogen) atoms. The molecular formula is C17H29ClN5O4P. The molecule has 0 aliphatic carbocycles. The maximum Gasteiger partial charge on any atom is 0.357 e. The Bertz CT molecular complexity index is 885. The smallest absolute Gasteiger partial charge is 0.357 e. The fraction of sp³-hybridized carbons (Fsp3) is 0.706. The van der Waals surface area contributed by atoms with Gasteiger partial charge in [0.05, 0.1) is 12.9 Å². The van der Waals surface area contributed by atoms with Crippen molar-refractivity contribution in [2.24, 2.45) is 17.3 Å². The van der Waals surface area contributed by atoms with Crippen LogP contribution in [0.2, 0.25) is 5.15 Å². The molecule has 0 unspecified atom stereocenters. The predicted molar refractivity (Wildman–Crippen MR) is 109 cm³/mol. The average molecular weight is 434 g/mol. The second kappa shape index (κ2) is 7.88. The van der Waals surface area contributed by atoms with Crippen molar-refractivity contribution in [3.63, 3.8) is 0 Å². The van der Waals surface area contributed by atoms with Gasteiger partial charge in [0.1, 0.15) is 5.52 Å². The van der Waals surface area contributed by atoms with Crippen LogP contribution in [0.15, 0.2) is 6.33 Å². The molecule has 0 aliphatic rings. The highest BCUT2D eigenvalue weighted by molar-refractivity contribution is 7.53. The molecule has 4 N–H and O–H groups in total. The number of nitrogens with zero attached hydrogens (tertiary/aromatic N) is 4. The van der Waals surface area contributed by atoms with Crippen LogP contribution in [0.3, 0.4) is 0 Å². The summed E-state index contributed by atoms with van der Waals surface area (Å²) in [4.78, 5) is 32.4. The molecular weight excluding hydrogens is 405 g/mol. The van der Waals surface area contributed by atoms with Crippen molar-refractivity contribution in [1.29, 1.82) is 0 Å². The van der Waals surface area contributed by atoms with Crippen LogP contribution in [-0.2, 0) is 15.8 Å². The van der Waals surface area contributed by atoms with Crippen molar-refractivity contribution in [3.05, 3.63) is 11.5 Å². The summed E-state index contributed by atoms with van der Waals surface area (Å²) in [6.07, 6.45) is 1.59. The van der Waals surface area contributed by atoms with Crippen molar-refractivity contribution >= 4 is 36.3 Å². The summed E-state index contributed by atoms with van der Waals surface area (Å²) in [6.45, 7) is 11.5. The van der Waals surface area contributed by atoms with E-state index in [2.05, 4.69) is 15.0 Å².